The summed E-state index contributed by atoms with van der Waals surface area (Å²) in [6.45, 7) is 0. The minimum atomic E-state index is 0.576. The van der Waals surface area contributed by atoms with Crippen molar-refractivity contribution in [3.63, 3.8) is 0 Å². The maximum atomic E-state index is 6.42. The number of para-hydroxylation sites is 5. The van der Waals surface area contributed by atoms with Crippen molar-refractivity contribution in [1.82, 2.24) is 19.1 Å². The van der Waals surface area contributed by atoms with Crippen LogP contribution in [-0.2, 0) is 0 Å². The van der Waals surface area contributed by atoms with E-state index >= 15 is 0 Å². The van der Waals surface area contributed by atoms with Crippen LogP contribution in [0.1, 0.15) is 0 Å². The zero-order valence-corrected chi connectivity index (χ0v) is 27.4. The summed E-state index contributed by atoms with van der Waals surface area (Å²) < 4.78 is 11.2. The van der Waals surface area contributed by atoms with Gasteiger partial charge in [-0.1, -0.05) is 115 Å². The molecule has 238 valence electrons. The van der Waals surface area contributed by atoms with Gasteiger partial charge < -0.3 is 13.6 Å². The van der Waals surface area contributed by atoms with Crippen LogP contribution in [0.5, 0.6) is 0 Å². The van der Waals surface area contributed by atoms with Crippen molar-refractivity contribution in [2.45, 2.75) is 0 Å². The number of aromatic nitrogens is 4. The highest BCUT2D eigenvalue weighted by molar-refractivity contribution is 6.29. The van der Waals surface area contributed by atoms with Crippen LogP contribution in [0.2, 0.25) is 0 Å². The number of nitrogens with zero attached hydrogens (tertiary/aromatic N) is 4. The molecule has 4 aromatic heterocycles. The van der Waals surface area contributed by atoms with Gasteiger partial charge in [0.25, 0.3) is 0 Å². The molecule has 4 heterocycles. The van der Waals surface area contributed by atoms with Gasteiger partial charge in [-0.2, -0.15) is 4.98 Å². The first-order valence-corrected chi connectivity index (χ1v) is 17.2. The molecule has 0 atom stereocenters. The first-order chi connectivity index (χ1) is 25.3. The molecule has 11 aromatic rings. The Bertz CT molecular complexity index is 3130. The van der Waals surface area contributed by atoms with Gasteiger partial charge in [-0.05, 0) is 54.6 Å². The summed E-state index contributed by atoms with van der Waals surface area (Å²) in [7, 11) is 0. The van der Waals surface area contributed by atoms with Gasteiger partial charge in [-0.15, -0.1) is 0 Å². The molecule has 0 aliphatic carbocycles. The predicted octanol–water partition coefficient (Wildman–Crippen LogP) is 11.9. The van der Waals surface area contributed by atoms with Gasteiger partial charge in [0, 0.05) is 43.7 Å². The molecule has 7 aromatic carbocycles. The van der Waals surface area contributed by atoms with E-state index in [1.807, 2.05) is 36.4 Å². The lowest BCUT2D eigenvalue weighted by Gasteiger charge is -2.14. The highest BCUT2D eigenvalue weighted by Crippen LogP contribution is 2.44. The molecular formula is C46H28N4O. The summed E-state index contributed by atoms with van der Waals surface area (Å²) >= 11 is 0. The topological polar surface area (TPSA) is 48.8 Å². The minimum absolute atomic E-state index is 0.576. The van der Waals surface area contributed by atoms with Gasteiger partial charge >= 0.3 is 0 Å². The highest BCUT2D eigenvalue weighted by Gasteiger charge is 2.23. The average molecular weight is 653 g/mol. The fourth-order valence-corrected chi connectivity index (χ4v) is 8.04. The number of hydrogen-bond acceptors (Lipinski definition) is 3. The molecule has 0 saturated heterocycles. The van der Waals surface area contributed by atoms with Crippen LogP contribution in [-0.4, -0.2) is 19.1 Å². The number of hydrogen-bond donors (Lipinski definition) is 0. The maximum Gasteiger partial charge on any atom is 0.231 e. The van der Waals surface area contributed by atoms with E-state index in [2.05, 4.69) is 143 Å². The Hall–Kier alpha value is -6.98. The fraction of sp³-hybridized carbons (Fsp3) is 0. The van der Waals surface area contributed by atoms with E-state index in [9.17, 15) is 0 Å². The van der Waals surface area contributed by atoms with Crippen LogP contribution in [0.25, 0.3) is 99.7 Å². The fourth-order valence-electron chi connectivity index (χ4n) is 8.04. The summed E-state index contributed by atoms with van der Waals surface area (Å²) in [5, 5.41) is 6.82. The molecule has 5 heteroatoms. The van der Waals surface area contributed by atoms with Crippen molar-refractivity contribution < 1.29 is 4.42 Å². The third kappa shape index (κ3) is 4.03. The Balaban J connectivity index is 1.23. The monoisotopic (exact) mass is 652 g/mol. The molecule has 0 radical (unpaired) electrons. The lowest BCUT2D eigenvalue weighted by atomic mass is 10.1. The van der Waals surface area contributed by atoms with Crippen LogP contribution in [0.15, 0.2) is 174 Å². The third-order valence-corrected chi connectivity index (χ3v) is 10.2. The quantitative estimate of drug-likeness (QED) is 0.190. The molecule has 0 bridgehead atoms. The van der Waals surface area contributed by atoms with Gasteiger partial charge in [-0.3, -0.25) is 0 Å². The maximum absolute atomic E-state index is 6.42. The van der Waals surface area contributed by atoms with Crippen LogP contribution >= 0.6 is 0 Å². The predicted molar refractivity (Wildman–Crippen MR) is 209 cm³/mol. The Morgan fingerprint density at radius 3 is 1.73 bits per heavy atom. The molecule has 11 rings (SSSR count). The lowest BCUT2D eigenvalue weighted by molar-refractivity contribution is 0.653. The Morgan fingerprint density at radius 2 is 0.980 bits per heavy atom. The van der Waals surface area contributed by atoms with Crippen molar-refractivity contribution in [3.8, 4) is 34.0 Å². The molecule has 5 nitrogen and oxygen atoms in total. The second kappa shape index (κ2) is 10.8. The summed E-state index contributed by atoms with van der Waals surface area (Å²) in [4.78, 5) is 10.5. The Kier molecular flexibility index (Phi) is 5.89. The molecule has 0 N–H and O–H groups in total. The van der Waals surface area contributed by atoms with Gasteiger partial charge in [-0.25, -0.2) is 4.98 Å². The minimum Gasteiger partial charge on any atom is -0.438 e. The standard InChI is InChI=1S/C46H28N4O/c1-3-15-29(16-4-1)44-43-34-22-10-14-26-40(34)51-46(43)48-45(47-44)33-21-9-13-25-37(33)50-36-24-12-8-20-32(36)42-39(50)28-27-38-41(42)31-19-7-11-23-35(31)49(38)30-17-5-2-6-18-30/h1-28H. The van der Waals surface area contributed by atoms with E-state index < -0.39 is 0 Å². The molecule has 0 aliphatic rings. The van der Waals surface area contributed by atoms with Gasteiger partial charge in [0.2, 0.25) is 5.71 Å². The van der Waals surface area contributed by atoms with E-state index in [0.29, 0.717) is 11.5 Å². The van der Waals surface area contributed by atoms with E-state index in [4.69, 9.17) is 14.4 Å². The molecule has 0 saturated carbocycles. The van der Waals surface area contributed by atoms with Crippen molar-refractivity contribution in [1.29, 1.82) is 0 Å². The van der Waals surface area contributed by atoms with E-state index in [-0.39, 0.29) is 0 Å². The first-order valence-electron chi connectivity index (χ1n) is 17.2. The highest BCUT2D eigenvalue weighted by atomic mass is 16.3. The lowest BCUT2D eigenvalue weighted by Crippen LogP contribution is -2.00. The third-order valence-electron chi connectivity index (χ3n) is 10.2. The van der Waals surface area contributed by atoms with Crippen LogP contribution in [0.3, 0.4) is 0 Å². The molecule has 51 heavy (non-hydrogen) atoms. The Morgan fingerprint density at radius 1 is 0.412 bits per heavy atom. The second-order valence-electron chi connectivity index (χ2n) is 13.0. The van der Waals surface area contributed by atoms with Gasteiger partial charge in [0.05, 0.1) is 38.8 Å². The molecule has 0 aliphatic heterocycles. The summed E-state index contributed by atoms with van der Waals surface area (Å²) in [5.74, 6) is 0.615. The van der Waals surface area contributed by atoms with E-state index in [1.54, 1.807) is 0 Å². The van der Waals surface area contributed by atoms with E-state index in [1.165, 1.54) is 32.6 Å². The van der Waals surface area contributed by atoms with Gasteiger partial charge in [0.1, 0.15) is 5.58 Å². The zero-order chi connectivity index (χ0) is 33.5. The molecule has 0 spiro atoms. The molecule has 0 unspecified atom stereocenters. The summed E-state index contributed by atoms with van der Waals surface area (Å²) in [5.41, 5.74) is 10.9. The zero-order valence-electron chi connectivity index (χ0n) is 27.4. The van der Waals surface area contributed by atoms with Crippen LogP contribution < -0.4 is 0 Å². The van der Waals surface area contributed by atoms with Crippen molar-refractivity contribution in [2.24, 2.45) is 0 Å². The number of benzene rings is 7. The van der Waals surface area contributed by atoms with Gasteiger partial charge in [0.15, 0.2) is 5.82 Å². The summed E-state index contributed by atoms with van der Waals surface area (Å²) in [6, 6.07) is 59.5. The Labute approximate surface area is 292 Å². The van der Waals surface area contributed by atoms with Crippen molar-refractivity contribution >= 4 is 65.7 Å². The normalized spacial score (nSPS) is 11.9. The molecule has 0 amide bonds. The number of fused-ring (bicyclic) bond motifs is 10. The van der Waals surface area contributed by atoms with Crippen LogP contribution in [0, 0.1) is 0 Å². The smallest absolute Gasteiger partial charge is 0.231 e. The largest absolute Gasteiger partial charge is 0.438 e. The average Bonchev–Trinajstić information content (AvgIpc) is 3.86. The van der Waals surface area contributed by atoms with Crippen molar-refractivity contribution in [3.05, 3.63) is 170 Å². The SMILES string of the molecule is c1ccc(-c2nc(-c3ccccc3-n3c4ccccc4c4c5c6ccccc6n(-c6ccccc6)c5ccc43)nc3oc4ccccc4c23)cc1. The first kappa shape index (κ1) is 27.9. The molecule has 0 fully saturated rings. The number of rotatable bonds is 4. The summed E-state index contributed by atoms with van der Waals surface area (Å²) in [6.07, 6.45) is 0. The second-order valence-corrected chi connectivity index (χ2v) is 13.0. The molecular weight excluding hydrogens is 625 g/mol. The van der Waals surface area contributed by atoms with Crippen LogP contribution in [0.4, 0.5) is 0 Å². The number of furan rings is 1. The van der Waals surface area contributed by atoms with Crippen molar-refractivity contribution in [2.75, 3.05) is 0 Å². The van der Waals surface area contributed by atoms with E-state index in [0.717, 1.165) is 55.6 Å².